The summed E-state index contributed by atoms with van der Waals surface area (Å²) in [4.78, 5) is 24.5. The van der Waals surface area contributed by atoms with E-state index in [2.05, 4.69) is 0 Å². The lowest BCUT2D eigenvalue weighted by Gasteiger charge is -2.25. The summed E-state index contributed by atoms with van der Waals surface area (Å²) in [5, 5.41) is 2.68. The van der Waals surface area contributed by atoms with Gasteiger partial charge in [-0.2, -0.15) is 0 Å². The molecule has 0 spiro atoms. The minimum absolute atomic E-state index is 0.0659. The minimum atomic E-state index is -0.868. The molecule has 0 unspecified atom stereocenters. The molecule has 2 heterocycles. The molecule has 1 aromatic heterocycles. The van der Waals surface area contributed by atoms with E-state index >= 15 is 0 Å². The van der Waals surface area contributed by atoms with Crippen LogP contribution in [0.25, 0.3) is 21.7 Å². The molecular formula is C23H16O6. The van der Waals surface area contributed by atoms with Crippen LogP contribution in [0.15, 0.2) is 75.9 Å². The van der Waals surface area contributed by atoms with Crippen molar-refractivity contribution >= 4 is 27.7 Å². The highest BCUT2D eigenvalue weighted by atomic mass is 16.6. The summed E-state index contributed by atoms with van der Waals surface area (Å²) >= 11 is 0. The highest BCUT2D eigenvalue weighted by Crippen LogP contribution is 2.31. The molecule has 3 aromatic carbocycles. The second kappa shape index (κ2) is 6.98. The number of benzene rings is 3. The first-order valence-corrected chi connectivity index (χ1v) is 9.19. The Kier molecular flexibility index (Phi) is 4.17. The summed E-state index contributed by atoms with van der Waals surface area (Å²) in [6, 6.07) is 19.9. The van der Waals surface area contributed by atoms with Crippen molar-refractivity contribution in [2.75, 3.05) is 6.61 Å². The Morgan fingerprint density at radius 3 is 2.69 bits per heavy atom. The summed E-state index contributed by atoms with van der Waals surface area (Å²) in [7, 11) is 0. The Morgan fingerprint density at radius 1 is 1.00 bits per heavy atom. The van der Waals surface area contributed by atoms with Gasteiger partial charge in [0.2, 0.25) is 6.10 Å². The van der Waals surface area contributed by atoms with Gasteiger partial charge >= 0.3 is 11.6 Å². The molecule has 1 aliphatic rings. The van der Waals surface area contributed by atoms with Gasteiger partial charge in [0.25, 0.3) is 0 Å². The Morgan fingerprint density at radius 2 is 1.79 bits per heavy atom. The summed E-state index contributed by atoms with van der Waals surface area (Å²) in [6.07, 6.45) is -0.868. The Bertz CT molecular complexity index is 1290. The summed E-state index contributed by atoms with van der Waals surface area (Å²) in [6.45, 7) is -0.00704. The van der Waals surface area contributed by atoms with E-state index in [4.69, 9.17) is 18.6 Å². The monoisotopic (exact) mass is 388 g/mol. The maximum Gasteiger partial charge on any atom is 0.351 e. The van der Waals surface area contributed by atoms with Crippen LogP contribution in [-0.4, -0.2) is 18.7 Å². The van der Waals surface area contributed by atoms with Crippen LogP contribution in [0.1, 0.15) is 5.56 Å². The van der Waals surface area contributed by atoms with Crippen molar-refractivity contribution < 1.29 is 23.4 Å². The van der Waals surface area contributed by atoms with Crippen molar-refractivity contribution in [3.8, 4) is 11.5 Å². The third-order valence-electron chi connectivity index (χ3n) is 4.86. The molecule has 0 fully saturated rings. The smallest absolute Gasteiger partial charge is 0.351 e. The lowest BCUT2D eigenvalue weighted by Crippen LogP contribution is -2.37. The number of carbonyl (C=O) groups is 1. The molecule has 5 rings (SSSR count). The van der Waals surface area contributed by atoms with E-state index in [1.54, 1.807) is 24.3 Å². The standard InChI is InChI=1S/C23H16O6/c24-21-11-15(22-16-6-2-1-5-14(16)9-10-19(22)29-21)12-27-23(25)20-13-26-17-7-3-4-8-18(17)28-20/h1-11,20H,12-13H2/t20-/m1/s1. The summed E-state index contributed by atoms with van der Waals surface area (Å²) in [5.74, 6) is 0.535. The van der Waals surface area contributed by atoms with Crippen LogP contribution in [-0.2, 0) is 16.1 Å². The minimum Gasteiger partial charge on any atom is -0.485 e. The molecule has 4 aromatic rings. The van der Waals surface area contributed by atoms with E-state index in [1.165, 1.54) is 6.07 Å². The molecule has 1 aliphatic heterocycles. The topological polar surface area (TPSA) is 75.0 Å². The van der Waals surface area contributed by atoms with Crippen LogP contribution in [0.4, 0.5) is 0 Å². The number of hydrogen-bond acceptors (Lipinski definition) is 6. The molecule has 0 aliphatic carbocycles. The van der Waals surface area contributed by atoms with E-state index in [0.29, 0.717) is 22.6 Å². The molecule has 144 valence electrons. The van der Waals surface area contributed by atoms with E-state index < -0.39 is 17.7 Å². The molecule has 6 heteroatoms. The average Bonchev–Trinajstić information content (AvgIpc) is 2.76. The molecule has 0 radical (unpaired) electrons. The van der Waals surface area contributed by atoms with Gasteiger partial charge in [0.1, 0.15) is 18.8 Å². The molecule has 0 amide bonds. The van der Waals surface area contributed by atoms with Crippen LogP contribution in [0.2, 0.25) is 0 Å². The van der Waals surface area contributed by atoms with Crippen LogP contribution in [0.3, 0.4) is 0 Å². The Labute approximate surface area is 165 Å². The Hall–Kier alpha value is -3.80. The first-order chi connectivity index (χ1) is 14.2. The first kappa shape index (κ1) is 17.3. The third kappa shape index (κ3) is 3.18. The molecule has 0 saturated heterocycles. The fraction of sp³-hybridized carbons (Fsp3) is 0.130. The predicted octanol–water partition coefficient (Wildman–Crippen LogP) is 3.83. The van der Waals surface area contributed by atoms with Crippen molar-refractivity contribution in [3.63, 3.8) is 0 Å². The van der Waals surface area contributed by atoms with E-state index in [-0.39, 0.29) is 13.2 Å². The van der Waals surface area contributed by atoms with Gasteiger partial charge in [-0.3, -0.25) is 0 Å². The fourth-order valence-corrected chi connectivity index (χ4v) is 3.51. The second-order valence-electron chi connectivity index (χ2n) is 6.72. The Balaban J connectivity index is 1.43. The van der Waals surface area contributed by atoms with Crippen LogP contribution < -0.4 is 15.1 Å². The van der Waals surface area contributed by atoms with Crippen molar-refractivity contribution in [2.24, 2.45) is 0 Å². The van der Waals surface area contributed by atoms with E-state index in [1.807, 2.05) is 36.4 Å². The molecule has 6 nitrogen and oxygen atoms in total. The maximum atomic E-state index is 12.5. The zero-order chi connectivity index (χ0) is 19.8. The van der Waals surface area contributed by atoms with Gasteiger partial charge in [0, 0.05) is 17.0 Å². The molecule has 0 N–H and O–H groups in total. The zero-order valence-electron chi connectivity index (χ0n) is 15.3. The van der Waals surface area contributed by atoms with Gasteiger partial charge in [-0.15, -0.1) is 0 Å². The number of para-hydroxylation sites is 2. The van der Waals surface area contributed by atoms with Crippen LogP contribution in [0, 0.1) is 0 Å². The van der Waals surface area contributed by atoms with Crippen molar-refractivity contribution in [1.29, 1.82) is 0 Å². The van der Waals surface area contributed by atoms with Gasteiger partial charge < -0.3 is 18.6 Å². The second-order valence-corrected chi connectivity index (χ2v) is 6.72. The maximum absolute atomic E-state index is 12.5. The number of ether oxygens (including phenoxy) is 3. The number of esters is 1. The first-order valence-electron chi connectivity index (χ1n) is 9.19. The summed E-state index contributed by atoms with van der Waals surface area (Å²) in [5.41, 5.74) is 0.539. The van der Waals surface area contributed by atoms with Crippen molar-refractivity contribution in [2.45, 2.75) is 12.7 Å². The number of carbonyl (C=O) groups excluding carboxylic acids is 1. The van der Waals surface area contributed by atoms with E-state index in [9.17, 15) is 9.59 Å². The SMILES string of the molecule is O=C(OCc1cc(=O)oc2ccc3ccccc3c12)[C@H]1COc2ccccc2O1. The predicted molar refractivity (Wildman–Crippen MR) is 106 cm³/mol. The van der Waals surface area contributed by atoms with Gasteiger partial charge in [0.15, 0.2) is 11.5 Å². The fourth-order valence-electron chi connectivity index (χ4n) is 3.51. The molecule has 0 saturated carbocycles. The van der Waals surface area contributed by atoms with Crippen LogP contribution >= 0.6 is 0 Å². The van der Waals surface area contributed by atoms with Gasteiger partial charge in [-0.05, 0) is 29.0 Å². The zero-order valence-corrected chi connectivity index (χ0v) is 15.3. The lowest BCUT2D eigenvalue weighted by molar-refractivity contribution is -0.155. The normalized spacial score (nSPS) is 15.4. The van der Waals surface area contributed by atoms with Crippen molar-refractivity contribution in [3.05, 3.63) is 82.7 Å². The highest BCUT2D eigenvalue weighted by molar-refractivity contribution is 6.07. The number of rotatable bonds is 3. The molecule has 1 atom stereocenters. The van der Waals surface area contributed by atoms with Crippen LogP contribution in [0.5, 0.6) is 11.5 Å². The van der Waals surface area contributed by atoms with Gasteiger partial charge in [-0.25, -0.2) is 9.59 Å². The number of fused-ring (bicyclic) bond motifs is 4. The molecule has 29 heavy (non-hydrogen) atoms. The van der Waals surface area contributed by atoms with Crippen molar-refractivity contribution in [1.82, 2.24) is 0 Å². The molecule has 0 bridgehead atoms. The quantitative estimate of drug-likeness (QED) is 0.302. The third-order valence-corrected chi connectivity index (χ3v) is 4.86. The molecular weight excluding hydrogens is 372 g/mol. The number of hydrogen-bond donors (Lipinski definition) is 0. The largest absolute Gasteiger partial charge is 0.485 e. The lowest BCUT2D eigenvalue weighted by atomic mass is 10.0. The highest BCUT2D eigenvalue weighted by Gasteiger charge is 2.29. The van der Waals surface area contributed by atoms with Gasteiger partial charge in [-0.1, -0.05) is 42.5 Å². The summed E-state index contributed by atoms with van der Waals surface area (Å²) < 4.78 is 22.1. The average molecular weight is 388 g/mol. The van der Waals surface area contributed by atoms with E-state index in [0.717, 1.165) is 16.2 Å². The van der Waals surface area contributed by atoms with Gasteiger partial charge in [0.05, 0.1) is 0 Å².